The number of rotatable bonds is 0. The van der Waals surface area contributed by atoms with Gasteiger partial charge in [-0.2, -0.15) is 6.57 Å². The molecule has 0 spiro atoms. The lowest BCUT2D eigenvalue weighted by Gasteiger charge is -2.41. The molecule has 0 aromatic heterocycles. The standard InChI is InChI=1S/C6H2BrCl2N5O3/c1-10-13-2(15)5(8)6(9,12-3(16)11-5)14(7)4(13)17/h(H2,11,12,16). The molecule has 2 heterocycles. The van der Waals surface area contributed by atoms with Crippen molar-refractivity contribution in [3.8, 4) is 0 Å². The van der Waals surface area contributed by atoms with E-state index in [1.54, 1.807) is 0 Å². The SMILES string of the molecule is [C-]#[N+]N1C(=O)N(Br)C2(Cl)NC(=O)NC2(Cl)C1=O. The molecule has 2 fully saturated rings. The van der Waals surface area contributed by atoms with E-state index in [0.29, 0.717) is 3.93 Å². The highest BCUT2D eigenvalue weighted by Crippen LogP contribution is 2.44. The van der Waals surface area contributed by atoms with Crippen molar-refractivity contribution in [2.24, 2.45) is 0 Å². The molecular weight excluding hydrogens is 341 g/mol. The van der Waals surface area contributed by atoms with Gasteiger partial charge in [-0.25, -0.2) is 13.5 Å². The van der Waals surface area contributed by atoms with E-state index >= 15 is 0 Å². The Hall–Kier alpha value is -1.24. The number of nitrogens with one attached hydrogen (secondary N) is 2. The Morgan fingerprint density at radius 3 is 2.41 bits per heavy atom. The Labute approximate surface area is 113 Å². The van der Waals surface area contributed by atoms with Gasteiger partial charge in [0.15, 0.2) is 0 Å². The number of hydrogen-bond acceptors (Lipinski definition) is 3. The summed E-state index contributed by atoms with van der Waals surface area (Å²) in [6, 6.07) is -1.90. The minimum atomic E-state index is -2.16. The van der Waals surface area contributed by atoms with Gasteiger partial charge < -0.3 is 5.32 Å². The molecule has 90 valence electrons. The molecule has 2 aliphatic rings. The van der Waals surface area contributed by atoms with Gasteiger partial charge in [0.1, 0.15) is 0 Å². The number of halogens is 3. The van der Waals surface area contributed by atoms with Gasteiger partial charge in [0, 0.05) is 0 Å². The van der Waals surface area contributed by atoms with Crippen LogP contribution in [-0.4, -0.2) is 37.0 Å². The predicted molar refractivity (Wildman–Crippen MR) is 58.4 cm³/mol. The fraction of sp³-hybridized carbons (Fsp3) is 0.333. The van der Waals surface area contributed by atoms with Crippen LogP contribution in [0.4, 0.5) is 9.59 Å². The zero-order valence-electron chi connectivity index (χ0n) is 7.70. The van der Waals surface area contributed by atoms with Crippen LogP contribution in [0.1, 0.15) is 0 Å². The van der Waals surface area contributed by atoms with Crippen molar-refractivity contribution >= 4 is 57.3 Å². The minimum absolute atomic E-state index is 0.162. The topological polar surface area (TPSA) is 86.1 Å². The maximum absolute atomic E-state index is 11.8. The van der Waals surface area contributed by atoms with Gasteiger partial charge in [-0.1, -0.05) is 23.2 Å². The number of imide groups is 1. The van der Waals surface area contributed by atoms with Crippen LogP contribution in [0.3, 0.4) is 0 Å². The molecule has 8 nitrogen and oxygen atoms in total. The maximum Gasteiger partial charge on any atom is 0.408 e. The van der Waals surface area contributed by atoms with Crippen molar-refractivity contribution in [2.45, 2.75) is 10.1 Å². The lowest BCUT2D eigenvalue weighted by Crippen LogP contribution is -2.73. The van der Waals surface area contributed by atoms with Crippen molar-refractivity contribution in [2.75, 3.05) is 0 Å². The van der Waals surface area contributed by atoms with E-state index in [9.17, 15) is 14.4 Å². The van der Waals surface area contributed by atoms with Crippen molar-refractivity contribution < 1.29 is 14.4 Å². The van der Waals surface area contributed by atoms with E-state index in [-0.39, 0.29) is 5.01 Å². The first-order valence-corrected chi connectivity index (χ1v) is 5.44. The molecular formula is C6H2BrCl2N5O3. The van der Waals surface area contributed by atoms with Crippen LogP contribution in [-0.2, 0) is 4.79 Å². The second-order valence-electron chi connectivity index (χ2n) is 3.14. The number of nitrogens with zero attached hydrogens (tertiary/aromatic N) is 3. The fourth-order valence-electron chi connectivity index (χ4n) is 1.42. The summed E-state index contributed by atoms with van der Waals surface area (Å²) in [5.74, 6) is -1.14. The van der Waals surface area contributed by atoms with Gasteiger partial charge in [0.25, 0.3) is 10.1 Å². The van der Waals surface area contributed by atoms with Crippen molar-refractivity contribution in [3.63, 3.8) is 0 Å². The van der Waals surface area contributed by atoms with E-state index in [2.05, 4.69) is 31.7 Å². The average Bonchev–Trinajstić information content (AvgIpc) is 2.50. The third-order valence-corrected chi connectivity index (χ3v) is 4.44. The molecule has 0 bridgehead atoms. The molecule has 11 heteroatoms. The molecule has 2 N–H and O–H groups in total. The van der Waals surface area contributed by atoms with Gasteiger partial charge >= 0.3 is 18.0 Å². The number of fused-ring (bicyclic) bond motifs is 1. The molecule has 5 amide bonds. The summed E-state index contributed by atoms with van der Waals surface area (Å²) in [5, 5.41) is 2.32. The third-order valence-electron chi connectivity index (χ3n) is 2.23. The van der Waals surface area contributed by atoms with Crippen LogP contribution in [0.15, 0.2) is 0 Å². The molecule has 2 rings (SSSR count). The minimum Gasteiger partial charge on any atom is -0.306 e. The van der Waals surface area contributed by atoms with Crippen LogP contribution in [0.5, 0.6) is 0 Å². The molecule has 2 atom stereocenters. The van der Waals surface area contributed by atoms with Gasteiger partial charge in [0.2, 0.25) is 0 Å². The summed E-state index contributed by atoms with van der Waals surface area (Å²) < 4.78 is 0.617. The summed E-state index contributed by atoms with van der Waals surface area (Å²) in [6.45, 7) is 6.73. The van der Waals surface area contributed by atoms with Crippen molar-refractivity contribution in [1.29, 1.82) is 0 Å². The molecule has 0 aromatic carbocycles. The number of carbonyl (C=O) groups excluding carboxylic acids is 3. The second-order valence-corrected chi connectivity index (χ2v) is 4.96. The normalized spacial score (nSPS) is 36.2. The van der Waals surface area contributed by atoms with E-state index in [1.165, 1.54) is 0 Å². The van der Waals surface area contributed by atoms with Crippen LogP contribution < -0.4 is 10.6 Å². The molecule has 2 aliphatic heterocycles. The van der Waals surface area contributed by atoms with Crippen LogP contribution in [0.25, 0.3) is 4.95 Å². The lowest BCUT2D eigenvalue weighted by molar-refractivity contribution is -0.133. The summed E-state index contributed by atoms with van der Waals surface area (Å²) >= 11 is 14.6. The van der Waals surface area contributed by atoms with Crippen molar-refractivity contribution in [3.05, 3.63) is 11.5 Å². The highest BCUT2D eigenvalue weighted by Gasteiger charge is 2.73. The monoisotopic (exact) mass is 341 g/mol. The van der Waals surface area contributed by atoms with Gasteiger partial charge in [-0.3, -0.25) is 10.1 Å². The Morgan fingerprint density at radius 1 is 1.29 bits per heavy atom. The molecule has 17 heavy (non-hydrogen) atoms. The van der Waals surface area contributed by atoms with E-state index < -0.39 is 28.1 Å². The first kappa shape index (κ1) is 12.2. The summed E-state index contributed by atoms with van der Waals surface area (Å²) in [7, 11) is 0. The van der Waals surface area contributed by atoms with Crippen LogP contribution in [0.2, 0.25) is 0 Å². The van der Waals surface area contributed by atoms with Crippen LogP contribution in [0, 0.1) is 6.57 Å². The Balaban J connectivity index is 2.60. The number of hydrogen-bond donors (Lipinski definition) is 2. The third kappa shape index (κ3) is 1.25. The summed E-state index contributed by atoms with van der Waals surface area (Å²) in [6.07, 6.45) is 0. The van der Waals surface area contributed by atoms with E-state index in [1.807, 2.05) is 0 Å². The van der Waals surface area contributed by atoms with Gasteiger partial charge in [0.05, 0.1) is 21.2 Å². The largest absolute Gasteiger partial charge is 0.408 e. The first-order chi connectivity index (χ1) is 7.78. The highest BCUT2D eigenvalue weighted by atomic mass is 79.9. The lowest BCUT2D eigenvalue weighted by atomic mass is 10.1. The molecule has 0 saturated carbocycles. The average molecular weight is 343 g/mol. The number of amides is 5. The molecule has 2 saturated heterocycles. The smallest absolute Gasteiger partial charge is 0.306 e. The van der Waals surface area contributed by atoms with Gasteiger partial charge in [-0.15, -0.1) is 4.95 Å². The van der Waals surface area contributed by atoms with Crippen molar-refractivity contribution in [1.82, 2.24) is 19.6 Å². The molecule has 0 radical (unpaired) electrons. The Bertz CT molecular complexity index is 495. The second kappa shape index (κ2) is 3.38. The fourth-order valence-corrected chi connectivity index (χ4v) is 2.61. The number of alkyl halides is 2. The summed E-state index contributed by atoms with van der Waals surface area (Å²) in [4.78, 5) is 35.2. The summed E-state index contributed by atoms with van der Waals surface area (Å²) in [5.41, 5.74) is 0. The zero-order chi connectivity index (χ0) is 13.0. The maximum atomic E-state index is 11.8. The van der Waals surface area contributed by atoms with E-state index in [4.69, 9.17) is 29.8 Å². The predicted octanol–water partition coefficient (Wildman–Crippen LogP) is 0.535. The molecule has 0 aliphatic carbocycles. The Kier molecular flexibility index (Phi) is 2.43. The molecule has 0 aromatic rings. The number of urea groups is 2. The Morgan fingerprint density at radius 2 is 1.88 bits per heavy atom. The van der Waals surface area contributed by atoms with Gasteiger partial charge in [-0.05, 0) is 0 Å². The first-order valence-electron chi connectivity index (χ1n) is 3.98. The quantitative estimate of drug-likeness (QED) is 0.291. The zero-order valence-corrected chi connectivity index (χ0v) is 10.8. The molecule has 2 unspecified atom stereocenters. The number of carbonyl (C=O) groups is 3. The van der Waals surface area contributed by atoms with E-state index in [0.717, 1.165) is 0 Å². The van der Waals surface area contributed by atoms with Crippen LogP contribution >= 0.6 is 39.3 Å². The highest BCUT2D eigenvalue weighted by molar-refractivity contribution is 9.07.